The van der Waals surface area contributed by atoms with Gasteiger partial charge in [0.1, 0.15) is 0 Å². The monoisotopic (exact) mass is 936 g/mol. The van der Waals surface area contributed by atoms with E-state index >= 15 is 0 Å². The maximum Gasteiger partial charge on any atom is 0.490 e. The Morgan fingerprint density at radius 3 is 0.814 bits per heavy atom. The minimum absolute atomic E-state index is 0. The fourth-order valence-corrected chi connectivity index (χ4v) is 11.5. The van der Waals surface area contributed by atoms with Gasteiger partial charge in [0.25, 0.3) is 0 Å². The number of hydrogen-bond acceptors (Lipinski definition) is 2. The van der Waals surface area contributed by atoms with Gasteiger partial charge in [-0.15, -0.1) is 0 Å². The van der Waals surface area contributed by atoms with E-state index in [0.717, 1.165) is 0 Å². The summed E-state index contributed by atoms with van der Waals surface area (Å²) in [7, 11) is -1.60. The molecule has 6 aromatic carbocycles. The molecule has 6 aromatic rings. The van der Waals surface area contributed by atoms with Crippen LogP contribution in [0.1, 0.15) is 33.4 Å². The van der Waals surface area contributed by atoms with Gasteiger partial charge in [0.05, 0.1) is 0 Å². The molecule has 0 amide bonds. The number of alkyl halides is 6. The van der Waals surface area contributed by atoms with Crippen LogP contribution in [-0.4, -0.2) is 34.5 Å². The summed E-state index contributed by atoms with van der Waals surface area (Å²) >= 11 is 0. The van der Waals surface area contributed by atoms with Crippen LogP contribution in [0.3, 0.4) is 0 Å². The van der Waals surface area contributed by atoms with Crippen LogP contribution < -0.4 is 31.8 Å². The van der Waals surface area contributed by atoms with Gasteiger partial charge < -0.3 is 10.2 Å². The molecule has 0 bridgehead atoms. The number of rotatable bonds is 7. The Balaban J connectivity index is 0.000000533. The van der Waals surface area contributed by atoms with E-state index in [1.165, 1.54) is 76.3 Å². The van der Waals surface area contributed by atoms with E-state index in [1.807, 2.05) is 0 Å². The van der Waals surface area contributed by atoms with Crippen LogP contribution in [0.5, 0.6) is 0 Å². The number of benzene rings is 6. The number of carboxylic acids is 2. The van der Waals surface area contributed by atoms with Gasteiger partial charge >= 0.3 is 24.3 Å². The average Bonchev–Trinajstić information content (AvgIpc) is 3.19. The van der Waals surface area contributed by atoms with Crippen LogP contribution in [0.2, 0.25) is 0 Å². The molecule has 0 aliphatic carbocycles. The summed E-state index contributed by atoms with van der Waals surface area (Å²) in [5, 5.41) is 22.7. The molecule has 0 heterocycles. The molecule has 0 saturated carbocycles. The molecule has 0 aliphatic rings. The van der Waals surface area contributed by atoms with Gasteiger partial charge in [-0.1, -0.05) is 133 Å². The third-order valence-electron chi connectivity index (χ3n) is 9.55. The minimum Gasteiger partial charge on any atom is -0.475 e. The van der Waals surface area contributed by atoms with Crippen LogP contribution in [-0.2, 0) is 29.1 Å². The van der Waals surface area contributed by atoms with Gasteiger partial charge in [-0.05, 0) is 134 Å². The summed E-state index contributed by atoms with van der Waals surface area (Å²) in [4.78, 5) is 17.8. The fraction of sp³-hybridized carbons (Fsp3) is 0.174. The maximum atomic E-state index is 10.6. The van der Waals surface area contributed by atoms with E-state index in [9.17, 15) is 26.3 Å². The van der Waals surface area contributed by atoms with Gasteiger partial charge in [0.2, 0.25) is 0 Å². The Labute approximate surface area is 355 Å². The summed E-state index contributed by atoms with van der Waals surface area (Å²) < 4.78 is 63.5. The van der Waals surface area contributed by atoms with Crippen molar-refractivity contribution in [2.24, 2.45) is 0 Å². The second-order valence-corrected chi connectivity index (χ2v) is 17.7. The summed E-state index contributed by atoms with van der Waals surface area (Å²) in [5.74, 6) is -5.51. The van der Waals surface area contributed by atoms with E-state index in [2.05, 4.69) is 175 Å². The maximum absolute atomic E-state index is 10.6. The van der Waals surface area contributed by atoms with Crippen LogP contribution in [0, 0.1) is 41.5 Å². The Bertz CT molecular complexity index is 2100. The van der Waals surface area contributed by atoms with Crippen molar-refractivity contribution in [1.29, 1.82) is 0 Å². The second-order valence-electron chi connectivity index (χ2n) is 13.3. The van der Waals surface area contributed by atoms with Crippen molar-refractivity contribution in [2.45, 2.75) is 53.9 Å². The van der Waals surface area contributed by atoms with Crippen molar-refractivity contribution in [2.75, 3.05) is 0 Å². The molecule has 0 spiro atoms. The van der Waals surface area contributed by atoms with E-state index in [4.69, 9.17) is 19.8 Å². The van der Waals surface area contributed by atoms with Crippen LogP contribution in [0.25, 0.3) is 11.1 Å². The largest absolute Gasteiger partial charge is 0.490 e. The van der Waals surface area contributed by atoms with Crippen molar-refractivity contribution in [1.82, 2.24) is 0 Å². The molecule has 6 rings (SSSR count). The normalized spacial score (nSPS) is 11.2. The van der Waals surface area contributed by atoms with Crippen molar-refractivity contribution >= 4 is 59.6 Å². The van der Waals surface area contributed by atoms with Crippen LogP contribution in [0.15, 0.2) is 133 Å². The zero-order valence-corrected chi connectivity index (χ0v) is 36.5. The molecule has 0 atom stereocenters. The van der Waals surface area contributed by atoms with Crippen LogP contribution >= 0.6 is 15.8 Å². The number of carbonyl (C=O) groups is 2. The molecule has 13 heteroatoms. The molecule has 0 unspecified atom stereocenters. The molecular formula is C46H42F6O4P2Ru. The standard InChI is InChI=1S/C42H40P2.2C2HF3O2.Ru/c1-29-27-39(43(35-19-11-7-12-20-35)36-21-13-8-14-22-36)41(33(5)31(29)3)42-34(6)32(4)30(2)28-40(42)44(37-23-15-9-16-24-37)38-25-17-10-18-26-38;2*3-2(4,5)1(6)7;/h7-28H,1-6H3;2*(H,6,7);. The van der Waals surface area contributed by atoms with Crippen molar-refractivity contribution < 1.29 is 65.6 Å². The van der Waals surface area contributed by atoms with Crippen molar-refractivity contribution in [3.05, 3.63) is 167 Å². The molecule has 59 heavy (non-hydrogen) atoms. The summed E-state index contributed by atoms with van der Waals surface area (Å²) in [6.45, 7) is 13.9. The summed E-state index contributed by atoms with van der Waals surface area (Å²) in [6.07, 6.45) is -10.2. The average molecular weight is 936 g/mol. The Hall–Kier alpha value is -4.68. The molecule has 4 nitrogen and oxygen atoms in total. The smallest absolute Gasteiger partial charge is 0.475 e. The van der Waals surface area contributed by atoms with E-state index < -0.39 is 40.1 Å². The SMILES string of the molecule is Cc1cc(P(c2ccccc2)c2ccccc2)c(-c2c(P(c3ccccc3)c3ccccc3)cc(C)c(C)c2C)c(C)c1C.O=C(O)C(F)(F)F.O=C(O)C(F)(F)F.[Ru]. The molecule has 0 aromatic heterocycles. The summed E-state index contributed by atoms with van der Waals surface area (Å²) in [5.41, 5.74) is 11.1. The first-order chi connectivity index (χ1) is 27.2. The molecule has 0 saturated heterocycles. The Morgan fingerprint density at radius 1 is 0.424 bits per heavy atom. The van der Waals surface area contributed by atoms with E-state index in [-0.39, 0.29) is 19.5 Å². The van der Waals surface area contributed by atoms with Gasteiger partial charge in [0, 0.05) is 19.5 Å². The molecular weight excluding hydrogens is 894 g/mol. The number of aryl methyl sites for hydroxylation is 2. The van der Waals surface area contributed by atoms with Crippen molar-refractivity contribution in [3.8, 4) is 11.1 Å². The fourth-order valence-electron chi connectivity index (χ4n) is 6.27. The first-order valence-electron chi connectivity index (χ1n) is 17.9. The van der Waals surface area contributed by atoms with Gasteiger partial charge in [-0.3, -0.25) is 0 Å². The van der Waals surface area contributed by atoms with Crippen LogP contribution in [0.4, 0.5) is 26.3 Å². The number of hydrogen-bond donors (Lipinski definition) is 2. The number of carboxylic acid groups (broad SMARTS) is 2. The van der Waals surface area contributed by atoms with E-state index in [1.54, 1.807) is 0 Å². The molecule has 310 valence electrons. The van der Waals surface area contributed by atoms with Gasteiger partial charge in [-0.2, -0.15) is 26.3 Å². The first-order valence-corrected chi connectivity index (χ1v) is 20.6. The first kappa shape index (κ1) is 48.7. The number of halogens is 6. The molecule has 0 radical (unpaired) electrons. The third-order valence-corrected chi connectivity index (χ3v) is 14.5. The predicted molar refractivity (Wildman–Crippen MR) is 225 cm³/mol. The third kappa shape index (κ3) is 12.2. The molecule has 0 fully saturated rings. The predicted octanol–water partition coefficient (Wildman–Crippen LogP) is 9.98. The van der Waals surface area contributed by atoms with Gasteiger partial charge in [0.15, 0.2) is 0 Å². The Morgan fingerprint density at radius 2 is 0.627 bits per heavy atom. The zero-order valence-electron chi connectivity index (χ0n) is 32.9. The Kier molecular flexibility index (Phi) is 17.4. The summed E-state index contributed by atoms with van der Waals surface area (Å²) in [6, 6.07) is 49.7. The molecule has 0 aliphatic heterocycles. The van der Waals surface area contributed by atoms with Crippen molar-refractivity contribution in [3.63, 3.8) is 0 Å². The van der Waals surface area contributed by atoms with E-state index in [0.29, 0.717) is 0 Å². The zero-order chi connectivity index (χ0) is 42.9. The second kappa shape index (κ2) is 21.0. The molecule has 2 N–H and O–H groups in total. The quantitative estimate of drug-likeness (QED) is 0.0951. The van der Waals surface area contributed by atoms with Gasteiger partial charge in [-0.25, -0.2) is 9.59 Å². The number of aliphatic carboxylic acids is 2. The minimum atomic E-state index is -5.08. The topological polar surface area (TPSA) is 74.6 Å².